The third-order valence-electron chi connectivity index (χ3n) is 2.80. The van der Waals surface area contributed by atoms with Crippen molar-refractivity contribution >= 4 is 11.9 Å². The van der Waals surface area contributed by atoms with Crippen molar-refractivity contribution < 1.29 is 14.7 Å². The Hall–Kier alpha value is -2.10. The monoisotopic (exact) mass is 230 g/mol. The Kier molecular flexibility index (Phi) is 3.23. The first-order chi connectivity index (χ1) is 8.16. The van der Waals surface area contributed by atoms with Crippen molar-refractivity contribution in [2.24, 2.45) is 0 Å². The highest BCUT2D eigenvalue weighted by Gasteiger charge is 2.18. The molecule has 0 spiro atoms. The van der Waals surface area contributed by atoms with E-state index in [-0.39, 0.29) is 5.91 Å². The van der Waals surface area contributed by atoms with Crippen molar-refractivity contribution in [3.05, 3.63) is 47.5 Å². The lowest BCUT2D eigenvalue weighted by Crippen LogP contribution is -2.35. The van der Waals surface area contributed by atoms with Gasteiger partial charge in [-0.1, -0.05) is 24.3 Å². The predicted octanol–water partition coefficient (Wildman–Crippen LogP) is -0.123. The zero-order valence-electron chi connectivity index (χ0n) is 9.26. The first-order valence-electron chi connectivity index (χ1n) is 5.41. The van der Waals surface area contributed by atoms with E-state index in [1.165, 1.54) is 5.56 Å². The lowest BCUT2D eigenvalue weighted by molar-refractivity contribution is -0.297. The molecule has 1 heterocycles. The molecular formula is C13H12NO3-. The van der Waals surface area contributed by atoms with Crippen LogP contribution in [0.5, 0.6) is 0 Å². The number of carbonyl (C=O) groups excluding carboxylic acids is 2. The number of aliphatic carboxylic acids is 1. The van der Waals surface area contributed by atoms with Gasteiger partial charge in [-0.25, -0.2) is 0 Å². The summed E-state index contributed by atoms with van der Waals surface area (Å²) in [5.74, 6) is -1.64. The maximum Gasteiger partial charge on any atom is 0.246 e. The van der Waals surface area contributed by atoms with Gasteiger partial charge in [-0.3, -0.25) is 4.79 Å². The molecule has 0 bridgehead atoms. The van der Waals surface area contributed by atoms with Gasteiger partial charge in [0.05, 0.1) is 5.97 Å². The van der Waals surface area contributed by atoms with Crippen molar-refractivity contribution in [3.63, 3.8) is 0 Å². The normalized spacial score (nSPS) is 14.7. The summed E-state index contributed by atoms with van der Waals surface area (Å²) in [5.41, 5.74) is 2.37. The van der Waals surface area contributed by atoms with Crippen LogP contribution in [0.4, 0.5) is 0 Å². The molecule has 0 N–H and O–H groups in total. The Morgan fingerprint density at radius 3 is 2.59 bits per heavy atom. The van der Waals surface area contributed by atoms with Gasteiger partial charge in [0.2, 0.25) is 5.91 Å². The minimum Gasteiger partial charge on any atom is -0.545 e. The van der Waals surface area contributed by atoms with E-state index < -0.39 is 5.97 Å². The van der Waals surface area contributed by atoms with Gasteiger partial charge in [-0.05, 0) is 23.6 Å². The molecule has 1 aliphatic rings. The maximum atomic E-state index is 11.7. The van der Waals surface area contributed by atoms with Gasteiger partial charge in [0.25, 0.3) is 0 Å². The van der Waals surface area contributed by atoms with Gasteiger partial charge >= 0.3 is 0 Å². The summed E-state index contributed by atoms with van der Waals surface area (Å²) in [6.45, 7) is 1.15. The number of benzene rings is 1. The molecule has 1 aliphatic heterocycles. The Bertz CT molecular complexity index is 479. The second kappa shape index (κ2) is 4.82. The summed E-state index contributed by atoms with van der Waals surface area (Å²) in [6, 6.07) is 7.95. The Labute approximate surface area is 99.2 Å². The van der Waals surface area contributed by atoms with Gasteiger partial charge in [-0.15, -0.1) is 0 Å². The molecule has 0 fully saturated rings. The Morgan fingerprint density at radius 2 is 1.88 bits per heavy atom. The zero-order chi connectivity index (χ0) is 12.3. The molecule has 17 heavy (non-hydrogen) atoms. The molecule has 1 aromatic carbocycles. The highest BCUT2D eigenvalue weighted by Crippen LogP contribution is 2.18. The third-order valence-corrected chi connectivity index (χ3v) is 2.80. The molecule has 0 saturated carbocycles. The number of hydrogen-bond donors (Lipinski definition) is 0. The summed E-state index contributed by atoms with van der Waals surface area (Å²) >= 11 is 0. The topological polar surface area (TPSA) is 60.4 Å². The lowest BCUT2D eigenvalue weighted by Gasteiger charge is -2.27. The highest BCUT2D eigenvalue weighted by atomic mass is 16.4. The summed E-state index contributed by atoms with van der Waals surface area (Å²) in [6.07, 6.45) is 2.62. The molecule has 0 aromatic heterocycles. The predicted molar refractivity (Wildman–Crippen MR) is 59.7 cm³/mol. The molecule has 0 radical (unpaired) electrons. The van der Waals surface area contributed by atoms with E-state index in [1.807, 2.05) is 24.3 Å². The van der Waals surface area contributed by atoms with Gasteiger partial charge in [0.15, 0.2) is 0 Å². The van der Waals surface area contributed by atoms with E-state index in [1.54, 1.807) is 4.90 Å². The van der Waals surface area contributed by atoms with Crippen LogP contribution in [0.15, 0.2) is 36.4 Å². The molecule has 0 atom stereocenters. The van der Waals surface area contributed by atoms with E-state index in [9.17, 15) is 14.7 Å². The van der Waals surface area contributed by atoms with Crippen molar-refractivity contribution in [2.75, 3.05) is 6.54 Å². The molecule has 4 nitrogen and oxygen atoms in total. The van der Waals surface area contributed by atoms with Crippen LogP contribution in [0.3, 0.4) is 0 Å². The SMILES string of the molecule is O=C([O-])C=CC(=O)N1CCc2ccccc2C1. The largest absolute Gasteiger partial charge is 0.545 e. The van der Waals surface area contributed by atoms with Crippen LogP contribution in [-0.4, -0.2) is 23.3 Å². The molecule has 1 aromatic rings. The quantitative estimate of drug-likeness (QED) is 0.665. The first kappa shape index (κ1) is 11.4. The number of carboxylic acid groups (broad SMARTS) is 1. The van der Waals surface area contributed by atoms with Crippen molar-refractivity contribution in [1.82, 2.24) is 4.90 Å². The van der Waals surface area contributed by atoms with Crippen LogP contribution in [-0.2, 0) is 22.6 Å². The van der Waals surface area contributed by atoms with Gasteiger partial charge in [0, 0.05) is 19.2 Å². The number of rotatable bonds is 2. The zero-order valence-corrected chi connectivity index (χ0v) is 9.26. The minimum atomic E-state index is -1.35. The average Bonchev–Trinajstić information content (AvgIpc) is 2.35. The molecule has 0 unspecified atom stereocenters. The Balaban J connectivity index is 2.07. The number of hydrogen-bond acceptors (Lipinski definition) is 3. The molecule has 4 heteroatoms. The van der Waals surface area contributed by atoms with Gasteiger partial charge in [0.1, 0.15) is 0 Å². The van der Waals surface area contributed by atoms with E-state index in [0.717, 1.165) is 24.1 Å². The van der Waals surface area contributed by atoms with Crippen LogP contribution in [0.1, 0.15) is 11.1 Å². The second-order valence-corrected chi connectivity index (χ2v) is 3.93. The van der Waals surface area contributed by atoms with Crippen LogP contribution >= 0.6 is 0 Å². The van der Waals surface area contributed by atoms with E-state index in [4.69, 9.17) is 0 Å². The molecule has 2 rings (SSSR count). The van der Waals surface area contributed by atoms with Crippen LogP contribution in [0, 0.1) is 0 Å². The van der Waals surface area contributed by atoms with E-state index in [0.29, 0.717) is 13.1 Å². The lowest BCUT2D eigenvalue weighted by atomic mass is 10.00. The maximum absolute atomic E-state index is 11.7. The number of carboxylic acids is 1. The molecule has 0 aliphatic carbocycles. The van der Waals surface area contributed by atoms with Crippen molar-refractivity contribution in [3.8, 4) is 0 Å². The van der Waals surface area contributed by atoms with Crippen LogP contribution in [0.25, 0.3) is 0 Å². The number of amides is 1. The third kappa shape index (κ3) is 2.72. The van der Waals surface area contributed by atoms with Gasteiger partial charge in [-0.2, -0.15) is 0 Å². The molecule has 88 valence electrons. The van der Waals surface area contributed by atoms with Crippen molar-refractivity contribution in [2.45, 2.75) is 13.0 Å². The summed E-state index contributed by atoms with van der Waals surface area (Å²) < 4.78 is 0. The fourth-order valence-corrected chi connectivity index (χ4v) is 1.93. The molecule has 0 saturated heterocycles. The standard InChI is InChI=1S/C13H13NO3/c15-12(5-6-13(16)17)14-8-7-10-3-1-2-4-11(10)9-14/h1-6H,7-9H2,(H,16,17)/p-1. The number of carbonyl (C=O) groups is 2. The van der Waals surface area contributed by atoms with Gasteiger partial charge < -0.3 is 14.8 Å². The summed E-state index contributed by atoms with van der Waals surface area (Å²) in [7, 11) is 0. The van der Waals surface area contributed by atoms with E-state index in [2.05, 4.69) is 0 Å². The van der Waals surface area contributed by atoms with Crippen LogP contribution in [0.2, 0.25) is 0 Å². The van der Waals surface area contributed by atoms with E-state index >= 15 is 0 Å². The summed E-state index contributed by atoms with van der Waals surface area (Å²) in [5, 5.41) is 10.2. The van der Waals surface area contributed by atoms with Crippen molar-refractivity contribution in [1.29, 1.82) is 0 Å². The van der Waals surface area contributed by atoms with Crippen LogP contribution < -0.4 is 5.11 Å². The second-order valence-electron chi connectivity index (χ2n) is 3.93. The smallest absolute Gasteiger partial charge is 0.246 e. The molecule has 1 amide bonds. The fourth-order valence-electron chi connectivity index (χ4n) is 1.93. The fraction of sp³-hybridized carbons (Fsp3) is 0.231. The Morgan fingerprint density at radius 1 is 1.18 bits per heavy atom. The minimum absolute atomic E-state index is 0.288. The molecular weight excluding hydrogens is 218 g/mol. The number of nitrogens with zero attached hydrogens (tertiary/aromatic N) is 1. The first-order valence-corrected chi connectivity index (χ1v) is 5.41. The average molecular weight is 230 g/mol. The highest BCUT2D eigenvalue weighted by molar-refractivity contribution is 5.93. The number of fused-ring (bicyclic) bond motifs is 1. The summed E-state index contributed by atoms with van der Waals surface area (Å²) in [4.78, 5) is 23.5.